The van der Waals surface area contributed by atoms with E-state index in [4.69, 9.17) is 33.0 Å². The first-order valence-electron chi connectivity index (χ1n) is 9.78. The van der Waals surface area contributed by atoms with Gasteiger partial charge in [0.25, 0.3) is 5.91 Å². The maximum Gasteiger partial charge on any atom is 0.257 e. The molecule has 0 atom stereocenters. The summed E-state index contributed by atoms with van der Waals surface area (Å²) in [7, 11) is 1.57. The molecular weight excluding hydrogens is 409 g/mol. The van der Waals surface area contributed by atoms with Gasteiger partial charge in [-0.15, -0.1) is 0 Å². The number of nitrogens with zero attached hydrogens (tertiary/aromatic N) is 2. The number of amides is 1. The molecule has 1 saturated carbocycles. The Kier molecular flexibility index (Phi) is 5.70. The molecule has 0 saturated heterocycles. The Hall–Kier alpha value is -2.24. The first-order chi connectivity index (χ1) is 14.0. The minimum atomic E-state index is -0.344. The van der Waals surface area contributed by atoms with Crippen LogP contribution in [0.5, 0.6) is 5.75 Å². The van der Waals surface area contributed by atoms with Crippen LogP contribution in [0.3, 0.4) is 0 Å². The maximum atomic E-state index is 12.7. The van der Waals surface area contributed by atoms with Crippen LogP contribution < -0.4 is 10.1 Å². The van der Waals surface area contributed by atoms with Crippen LogP contribution in [0, 0.1) is 5.92 Å². The number of carbonyl (C=O) groups is 1. The van der Waals surface area contributed by atoms with Crippen molar-refractivity contribution in [3.05, 3.63) is 52.1 Å². The third kappa shape index (κ3) is 4.07. The molecule has 0 aliphatic heterocycles. The molecule has 1 fully saturated rings. The quantitative estimate of drug-likeness (QED) is 0.522. The van der Waals surface area contributed by atoms with E-state index in [0.717, 1.165) is 29.7 Å². The summed E-state index contributed by atoms with van der Waals surface area (Å²) in [6.45, 7) is 2.31. The van der Waals surface area contributed by atoms with E-state index in [9.17, 15) is 4.79 Å². The third-order valence-corrected chi connectivity index (χ3v) is 6.47. The van der Waals surface area contributed by atoms with Crippen LogP contribution in [0.2, 0.25) is 10.0 Å². The van der Waals surface area contributed by atoms with Crippen molar-refractivity contribution in [3.63, 3.8) is 0 Å². The molecule has 3 aromatic rings. The van der Waals surface area contributed by atoms with Crippen LogP contribution in [0.15, 0.2) is 36.5 Å². The van der Waals surface area contributed by atoms with Crippen molar-refractivity contribution in [2.75, 3.05) is 12.4 Å². The minimum absolute atomic E-state index is 0.228. The second kappa shape index (κ2) is 8.25. The molecule has 1 N–H and O–H groups in total. The normalized spacial score (nSPS) is 19.3. The number of nitrogens with one attached hydrogen (secondary N) is 1. The van der Waals surface area contributed by atoms with Crippen LogP contribution in [0.1, 0.15) is 49.0 Å². The molecule has 0 spiro atoms. The lowest BCUT2D eigenvalue weighted by Crippen LogP contribution is -2.16. The van der Waals surface area contributed by atoms with Crippen molar-refractivity contribution >= 4 is 45.7 Å². The van der Waals surface area contributed by atoms with Gasteiger partial charge in [-0.1, -0.05) is 36.2 Å². The molecule has 152 valence electrons. The molecular formula is C22H23Cl2N3O2. The second-order valence-electron chi connectivity index (χ2n) is 7.69. The average molecular weight is 432 g/mol. The summed E-state index contributed by atoms with van der Waals surface area (Å²) in [5.74, 6) is 0.992. The van der Waals surface area contributed by atoms with Gasteiger partial charge in [0.1, 0.15) is 5.75 Å². The Bertz CT molecular complexity index is 1060. The molecule has 1 aliphatic carbocycles. The summed E-state index contributed by atoms with van der Waals surface area (Å²) >= 11 is 12.2. The summed E-state index contributed by atoms with van der Waals surface area (Å²) < 4.78 is 7.55. The summed E-state index contributed by atoms with van der Waals surface area (Å²) in [5.41, 5.74) is 1.73. The number of hydrogen-bond acceptors (Lipinski definition) is 3. The van der Waals surface area contributed by atoms with E-state index in [1.54, 1.807) is 25.3 Å². The van der Waals surface area contributed by atoms with E-state index >= 15 is 0 Å². The molecule has 2 aromatic carbocycles. The van der Waals surface area contributed by atoms with Crippen LogP contribution >= 0.6 is 23.2 Å². The fourth-order valence-corrected chi connectivity index (χ4v) is 4.29. The molecule has 1 aliphatic rings. The molecule has 4 rings (SSSR count). The van der Waals surface area contributed by atoms with Gasteiger partial charge in [-0.05, 0) is 49.8 Å². The summed E-state index contributed by atoms with van der Waals surface area (Å²) in [6, 6.07) is 9.14. The van der Waals surface area contributed by atoms with Crippen LogP contribution in [0.25, 0.3) is 10.9 Å². The van der Waals surface area contributed by atoms with Gasteiger partial charge in [-0.2, -0.15) is 5.10 Å². The van der Waals surface area contributed by atoms with Crippen LogP contribution in [-0.4, -0.2) is 22.8 Å². The number of carbonyl (C=O) groups excluding carboxylic acids is 1. The highest BCUT2D eigenvalue weighted by Crippen LogP contribution is 2.35. The third-order valence-electron chi connectivity index (χ3n) is 5.65. The van der Waals surface area contributed by atoms with Gasteiger partial charge < -0.3 is 10.1 Å². The van der Waals surface area contributed by atoms with Crippen molar-refractivity contribution in [1.29, 1.82) is 0 Å². The average Bonchev–Trinajstić information content (AvgIpc) is 3.12. The highest BCUT2D eigenvalue weighted by molar-refractivity contribution is 6.44. The monoisotopic (exact) mass is 431 g/mol. The standard InChI is InChI=1S/C22H23Cl2N3O2/c1-13-6-8-15(9-7-13)27-12-14-10-19(20(29-2)11-18(14)26-27)25-22(28)16-4-3-5-17(23)21(16)24/h3-5,10-13,15H,6-9H2,1-2H3,(H,25,28). The van der Waals surface area contributed by atoms with Gasteiger partial charge in [0.05, 0.1) is 40.0 Å². The number of methoxy groups -OCH3 is 1. The number of fused-ring (bicyclic) bond motifs is 1. The molecule has 0 unspecified atom stereocenters. The van der Waals surface area contributed by atoms with E-state index in [2.05, 4.69) is 23.1 Å². The van der Waals surface area contributed by atoms with Crippen molar-refractivity contribution in [2.45, 2.75) is 38.6 Å². The predicted molar refractivity (Wildman–Crippen MR) is 117 cm³/mol. The lowest BCUT2D eigenvalue weighted by molar-refractivity contribution is 0.102. The zero-order chi connectivity index (χ0) is 20.5. The van der Waals surface area contributed by atoms with Gasteiger partial charge in [0.15, 0.2) is 0 Å². The number of ether oxygens (including phenoxy) is 1. The van der Waals surface area contributed by atoms with Crippen molar-refractivity contribution in [1.82, 2.24) is 9.78 Å². The lowest BCUT2D eigenvalue weighted by atomic mass is 9.87. The molecule has 0 radical (unpaired) electrons. The van der Waals surface area contributed by atoms with E-state index in [-0.39, 0.29) is 10.9 Å². The summed E-state index contributed by atoms with van der Waals surface area (Å²) in [4.78, 5) is 12.7. The molecule has 29 heavy (non-hydrogen) atoms. The smallest absolute Gasteiger partial charge is 0.257 e. The Morgan fingerprint density at radius 1 is 1.21 bits per heavy atom. The van der Waals surface area contributed by atoms with Gasteiger partial charge >= 0.3 is 0 Å². The van der Waals surface area contributed by atoms with Gasteiger partial charge in [0.2, 0.25) is 0 Å². The molecule has 5 nitrogen and oxygen atoms in total. The van der Waals surface area contributed by atoms with E-state index < -0.39 is 0 Å². The van der Waals surface area contributed by atoms with Crippen molar-refractivity contribution in [3.8, 4) is 5.75 Å². The van der Waals surface area contributed by atoms with Crippen LogP contribution in [0.4, 0.5) is 5.69 Å². The fourth-order valence-electron chi connectivity index (χ4n) is 3.90. The number of halogens is 2. The zero-order valence-electron chi connectivity index (χ0n) is 16.4. The van der Waals surface area contributed by atoms with E-state index in [1.807, 2.05) is 12.1 Å². The number of hydrogen-bond donors (Lipinski definition) is 1. The van der Waals surface area contributed by atoms with Crippen molar-refractivity contribution < 1.29 is 9.53 Å². The fraction of sp³-hybridized carbons (Fsp3) is 0.364. The highest BCUT2D eigenvalue weighted by atomic mass is 35.5. The highest BCUT2D eigenvalue weighted by Gasteiger charge is 2.21. The number of rotatable bonds is 4. The first kappa shape index (κ1) is 20.0. The van der Waals surface area contributed by atoms with E-state index in [0.29, 0.717) is 28.1 Å². The Morgan fingerprint density at radius 2 is 1.97 bits per heavy atom. The molecule has 7 heteroatoms. The first-order valence-corrected chi connectivity index (χ1v) is 10.5. The maximum absolute atomic E-state index is 12.7. The second-order valence-corrected chi connectivity index (χ2v) is 8.47. The SMILES string of the molecule is COc1cc2nn(C3CCC(C)CC3)cc2cc1NC(=O)c1cccc(Cl)c1Cl. The lowest BCUT2D eigenvalue weighted by Gasteiger charge is -2.26. The number of benzene rings is 2. The van der Waals surface area contributed by atoms with E-state index in [1.165, 1.54) is 12.8 Å². The van der Waals surface area contributed by atoms with Gasteiger partial charge in [-0.25, -0.2) is 0 Å². The summed E-state index contributed by atoms with van der Waals surface area (Å²) in [6.07, 6.45) is 6.79. The summed E-state index contributed by atoms with van der Waals surface area (Å²) in [5, 5.41) is 9.17. The van der Waals surface area contributed by atoms with Crippen molar-refractivity contribution in [2.24, 2.45) is 5.92 Å². The topological polar surface area (TPSA) is 56.1 Å². The Labute approximate surface area is 179 Å². The molecule has 0 bridgehead atoms. The minimum Gasteiger partial charge on any atom is -0.494 e. The number of aromatic nitrogens is 2. The molecule has 1 heterocycles. The Morgan fingerprint density at radius 3 is 2.69 bits per heavy atom. The largest absolute Gasteiger partial charge is 0.494 e. The van der Waals surface area contributed by atoms with Gasteiger partial charge in [-0.3, -0.25) is 9.48 Å². The molecule has 1 aromatic heterocycles. The number of anilines is 1. The molecule has 1 amide bonds. The Balaban J connectivity index is 1.63. The zero-order valence-corrected chi connectivity index (χ0v) is 17.9. The predicted octanol–water partition coefficient (Wildman–Crippen LogP) is 6.36. The van der Waals surface area contributed by atoms with Gasteiger partial charge in [0, 0.05) is 17.6 Å². The van der Waals surface area contributed by atoms with Crippen LogP contribution in [-0.2, 0) is 0 Å².